The van der Waals surface area contributed by atoms with E-state index in [0.717, 1.165) is 37.7 Å². The van der Waals surface area contributed by atoms with E-state index in [1.54, 1.807) is 12.1 Å². The lowest BCUT2D eigenvalue weighted by atomic mass is 9.55. The lowest BCUT2D eigenvalue weighted by Crippen LogP contribution is -2.45. The topological polar surface area (TPSA) is 73.1 Å². The third kappa shape index (κ3) is 1.76. The normalized spacial score (nSPS) is 41.8. The number of hydrogen-bond donors (Lipinski definition) is 3. The summed E-state index contributed by atoms with van der Waals surface area (Å²) in [4.78, 5) is 0. The maximum atomic E-state index is 10.4. The molecule has 0 aromatic heterocycles. The van der Waals surface area contributed by atoms with Gasteiger partial charge in [-0.3, -0.25) is 0 Å². The van der Waals surface area contributed by atoms with E-state index in [0.29, 0.717) is 23.5 Å². The summed E-state index contributed by atoms with van der Waals surface area (Å²) in [6.45, 7) is 2.23. The summed E-state index contributed by atoms with van der Waals surface area (Å²) < 4.78 is 0. The molecule has 0 spiro atoms. The van der Waals surface area contributed by atoms with Crippen molar-refractivity contribution in [3.63, 3.8) is 0 Å². The van der Waals surface area contributed by atoms with Crippen molar-refractivity contribution in [1.82, 2.24) is 0 Å². The van der Waals surface area contributed by atoms with Crippen LogP contribution in [0, 0.1) is 17.3 Å². The minimum Gasteiger partial charge on any atom is -0.508 e. The van der Waals surface area contributed by atoms with E-state index in [2.05, 4.69) is 12.1 Å². The number of hydrogen-bond acceptors (Lipinski definition) is 4. The van der Waals surface area contributed by atoms with Crippen molar-refractivity contribution < 1.29 is 15.4 Å². The van der Waals surface area contributed by atoms with Crippen LogP contribution >= 0.6 is 0 Å². The number of aliphatic hydroxyl groups excluding tert-OH is 1. The summed E-state index contributed by atoms with van der Waals surface area (Å²) in [7, 11) is 0. The molecule has 3 aliphatic carbocycles. The Hall–Kier alpha value is -1.55. The molecule has 0 saturated heterocycles. The number of phenols is 1. The molecule has 22 heavy (non-hydrogen) atoms. The molecule has 118 valence electrons. The van der Waals surface area contributed by atoms with Crippen LogP contribution in [0.1, 0.15) is 56.1 Å². The molecule has 0 heterocycles. The van der Waals surface area contributed by atoms with Crippen LogP contribution in [0.2, 0.25) is 0 Å². The van der Waals surface area contributed by atoms with Gasteiger partial charge in [-0.1, -0.05) is 18.1 Å². The van der Waals surface area contributed by atoms with Gasteiger partial charge in [-0.05, 0) is 73.0 Å². The van der Waals surface area contributed by atoms with E-state index in [1.807, 2.05) is 6.07 Å². The van der Waals surface area contributed by atoms with Gasteiger partial charge >= 0.3 is 0 Å². The van der Waals surface area contributed by atoms with Crippen LogP contribution < -0.4 is 0 Å². The van der Waals surface area contributed by atoms with E-state index >= 15 is 0 Å². The molecule has 4 rings (SSSR count). The molecular formula is C18H23NO3. The standard InChI is InChI=1S/C18H23NO3/c1-18-7-6-12-11-3-2-10(20)8-14(11)16(19-22)9-13(12)15(18)4-5-17(18)21/h2-3,8,12-13,15,17,20-22H,4-7,9H2,1H3/b19-16+/t12-,13-,15+,17+,18+/m1/s1. The highest BCUT2D eigenvalue weighted by atomic mass is 16.4. The quantitative estimate of drug-likeness (QED) is 0.509. The van der Waals surface area contributed by atoms with Crippen LogP contribution in [0.25, 0.3) is 0 Å². The molecule has 1 aromatic carbocycles. The van der Waals surface area contributed by atoms with Gasteiger partial charge in [0, 0.05) is 5.56 Å². The van der Waals surface area contributed by atoms with Gasteiger partial charge in [-0.25, -0.2) is 0 Å². The molecule has 2 saturated carbocycles. The van der Waals surface area contributed by atoms with E-state index in [1.165, 1.54) is 5.56 Å². The Bertz CT molecular complexity index is 641. The fourth-order valence-corrected chi connectivity index (χ4v) is 5.48. The van der Waals surface area contributed by atoms with Gasteiger partial charge in [-0.15, -0.1) is 0 Å². The second kappa shape index (κ2) is 4.72. The van der Waals surface area contributed by atoms with Crippen LogP contribution in [0.3, 0.4) is 0 Å². The maximum absolute atomic E-state index is 10.4. The Labute approximate surface area is 130 Å². The molecular weight excluding hydrogens is 278 g/mol. The number of aliphatic hydroxyl groups is 1. The number of phenolic OH excluding ortho intramolecular Hbond substituents is 1. The first kappa shape index (κ1) is 14.1. The molecule has 0 aliphatic heterocycles. The van der Waals surface area contributed by atoms with Gasteiger partial charge in [0.15, 0.2) is 0 Å². The molecule has 4 heteroatoms. The Morgan fingerprint density at radius 3 is 2.82 bits per heavy atom. The van der Waals surface area contributed by atoms with Crippen molar-refractivity contribution >= 4 is 5.71 Å². The molecule has 2 fully saturated rings. The molecule has 3 N–H and O–H groups in total. The Morgan fingerprint density at radius 2 is 2.05 bits per heavy atom. The monoisotopic (exact) mass is 301 g/mol. The SMILES string of the molecule is C[C@]12CC[C@@H]3c4ccc(O)cc4/C(=N/O)C[C@H]3[C@@H]1CC[C@@H]2O. The molecule has 1 aromatic rings. The Morgan fingerprint density at radius 1 is 1.23 bits per heavy atom. The van der Waals surface area contributed by atoms with E-state index in [9.17, 15) is 15.4 Å². The third-order valence-corrected chi connectivity index (χ3v) is 6.68. The maximum Gasteiger partial charge on any atom is 0.116 e. The second-order valence-corrected chi connectivity index (χ2v) is 7.54. The van der Waals surface area contributed by atoms with Gasteiger partial charge in [0.2, 0.25) is 0 Å². The molecule has 3 aliphatic rings. The zero-order valence-corrected chi connectivity index (χ0v) is 12.9. The number of aromatic hydroxyl groups is 1. The van der Waals surface area contributed by atoms with Crippen molar-refractivity contribution in [3.05, 3.63) is 29.3 Å². The number of fused-ring (bicyclic) bond motifs is 5. The van der Waals surface area contributed by atoms with Crippen molar-refractivity contribution in [2.75, 3.05) is 0 Å². The fraction of sp³-hybridized carbons (Fsp3) is 0.611. The average molecular weight is 301 g/mol. The second-order valence-electron chi connectivity index (χ2n) is 7.54. The predicted molar refractivity (Wildman–Crippen MR) is 83.4 cm³/mol. The van der Waals surface area contributed by atoms with Crippen molar-refractivity contribution in [3.8, 4) is 5.75 Å². The minimum absolute atomic E-state index is 0.0101. The lowest BCUT2D eigenvalue weighted by Gasteiger charge is -2.50. The van der Waals surface area contributed by atoms with Crippen molar-refractivity contribution in [2.24, 2.45) is 22.4 Å². The molecule has 0 bridgehead atoms. The summed E-state index contributed by atoms with van der Waals surface area (Å²) in [6, 6.07) is 5.44. The summed E-state index contributed by atoms with van der Waals surface area (Å²) in [5.74, 6) is 1.58. The van der Waals surface area contributed by atoms with Gasteiger partial charge in [-0.2, -0.15) is 0 Å². The highest BCUT2D eigenvalue weighted by molar-refractivity contribution is 6.03. The minimum atomic E-state index is -0.200. The van der Waals surface area contributed by atoms with Crippen LogP contribution in [0.5, 0.6) is 5.75 Å². The van der Waals surface area contributed by atoms with Gasteiger partial charge in [0.05, 0.1) is 11.8 Å². The van der Waals surface area contributed by atoms with Gasteiger partial charge in [0.1, 0.15) is 5.75 Å². The first-order valence-corrected chi connectivity index (χ1v) is 8.27. The lowest BCUT2D eigenvalue weighted by molar-refractivity contribution is -0.0178. The smallest absolute Gasteiger partial charge is 0.116 e. The van der Waals surface area contributed by atoms with Crippen LogP contribution in [-0.2, 0) is 0 Å². The van der Waals surface area contributed by atoms with E-state index in [4.69, 9.17) is 0 Å². The molecule has 4 nitrogen and oxygen atoms in total. The Kier molecular flexibility index (Phi) is 3.02. The molecule has 0 amide bonds. The predicted octanol–water partition coefficient (Wildman–Crippen LogP) is 3.25. The number of nitrogens with zero attached hydrogens (tertiary/aromatic N) is 1. The van der Waals surface area contributed by atoms with E-state index < -0.39 is 0 Å². The highest BCUT2D eigenvalue weighted by Gasteiger charge is 2.55. The summed E-state index contributed by atoms with van der Waals surface area (Å²) in [5, 5.41) is 33.1. The van der Waals surface area contributed by atoms with Gasteiger partial charge in [0.25, 0.3) is 0 Å². The van der Waals surface area contributed by atoms with Crippen LogP contribution in [0.15, 0.2) is 23.4 Å². The molecule has 0 unspecified atom stereocenters. The largest absolute Gasteiger partial charge is 0.508 e. The molecule has 0 radical (unpaired) electrons. The molecule has 5 atom stereocenters. The number of oxime groups is 1. The van der Waals surface area contributed by atoms with Crippen molar-refractivity contribution in [2.45, 2.75) is 51.0 Å². The Balaban J connectivity index is 1.79. The zero-order valence-electron chi connectivity index (χ0n) is 12.9. The summed E-state index contributed by atoms with van der Waals surface area (Å²) in [5.41, 5.74) is 2.78. The zero-order chi connectivity index (χ0) is 15.5. The first-order chi connectivity index (χ1) is 10.5. The summed E-state index contributed by atoms with van der Waals surface area (Å²) in [6.07, 6.45) is 4.60. The first-order valence-electron chi connectivity index (χ1n) is 8.27. The van der Waals surface area contributed by atoms with Crippen molar-refractivity contribution in [1.29, 1.82) is 0 Å². The fourth-order valence-electron chi connectivity index (χ4n) is 5.48. The third-order valence-electron chi connectivity index (χ3n) is 6.68. The average Bonchev–Trinajstić information content (AvgIpc) is 2.82. The summed E-state index contributed by atoms with van der Waals surface area (Å²) >= 11 is 0. The van der Waals surface area contributed by atoms with Gasteiger partial charge < -0.3 is 15.4 Å². The van der Waals surface area contributed by atoms with Crippen LogP contribution in [0.4, 0.5) is 0 Å². The number of rotatable bonds is 0. The van der Waals surface area contributed by atoms with E-state index in [-0.39, 0.29) is 17.3 Å². The number of benzene rings is 1. The highest BCUT2D eigenvalue weighted by Crippen LogP contribution is 2.60. The van der Waals surface area contributed by atoms with Crippen LogP contribution in [-0.4, -0.2) is 27.2 Å².